The lowest BCUT2D eigenvalue weighted by Gasteiger charge is -2.21. The van der Waals surface area contributed by atoms with Gasteiger partial charge in [0.2, 0.25) is 0 Å². The molecule has 0 atom stereocenters. The van der Waals surface area contributed by atoms with Gasteiger partial charge in [-0.2, -0.15) is 0 Å². The Morgan fingerprint density at radius 1 is 0.792 bits per heavy atom. The van der Waals surface area contributed by atoms with E-state index < -0.39 is 0 Å². The molecule has 1 aromatic rings. The van der Waals surface area contributed by atoms with Gasteiger partial charge in [0.25, 0.3) is 0 Å². The number of benzene rings is 1. The van der Waals surface area contributed by atoms with Crippen molar-refractivity contribution in [2.45, 2.75) is 65.7 Å². The molecular weight excluding hydrogens is 304 g/mol. The lowest BCUT2D eigenvalue weighted by atomic mass is 10.1. The number of hydrogen-bond donors (Lipinski definition) is 4. The van der Waals surface area contributed by atoms with E-state index >= 15 is 0 Å². The molecule has 1 aromatic carbocycles. The Hall–Kier alpha value is -2.24. The monoisotopic (exact) mass is 334 g/mol. The molecule has 0 aliphatic heterocycles. The van der Waals surface area contributed by atoms with Gasteiger partial charge in [0.1, 0.15) is 0 Å². The Labute approximate surface area is 144 Å². The van der Waals surface area contributed by atoms with E-state index in [-0.39, 0.29) is 23.1 Å². The maximum absolute atomic E-state index is 11.8. The van der Waals surface area contributed by atoms with Gasteiger partial charge in [0.05, 0.1) is 0 Å². The van der Waals surface area contributed by atoms with Gasteiger partial charge in [0, 0.05) is 24.2 Å². The zero-order valence-corrected chi connectivity index (χ0v) is 15.5. The van der Waals surface area contributed by atoms with Crippen molar-refractivity contribution in [3.63, 3.8) is 0 Å². The first-order valence-electron chi connectivity index (χ1n) is 8.14. The van der Waals surface area contributed by atoms with E-state index in [1.165, 1.54) is 0 Å². The topological polar surface area (TPSA) is 82.3 Å². The molecule has 0 aromatic heterocycles. The summed E-state index contributed by atoms with van der Waals surface area (Å²) in [5.41, 5.74) is 1.43. The van der Waals surface area contributed by atoms with Crippen LogP contribution < -0.4 is 21.3 Å². The van der Waals surface area contributed by atoms with Crippen LogP contribution in [0.2, 0.25) is 0 Å². The third-order valence-corrected chi connectivity index (χ3v) is 2.87. The molecule has 0 fully saturated rings. The van der Waals surface area contributed by atoms with Crippen molar-refractivity contribution in [2.24, 2.45) is 0 Å². The van der Waals surface area contributed by atoms with Crippen LogP contribution in [0.25, 0.3) is 0 Å². The van der Waals surface area contributed by atoms with Crippen molar-refractivity contribution < 1.29 is 9.59 Å². The van der Waals surface area contributed by atoms with Crippen LogP contribution in [0.5, 0.6) is 0 Å². The number of urea groups is 2. The van der Waals surface area contributed by atoms with Crippen LogP contribution in [-0.2, 0) is 13.1 Å². The first kappa shape index (κ1) is 19.8. The molecule has 0 bridgehead atoms. The molecule has 4 N–H and O–H groups in total. The minimum Gasteiger partial charge on any atom is -0.334 e. The Balaban J connectivity index is 2.49. The quantitative estimate of drug-likeness (QED) is 0.683. The van der Waals surface area contributed by atoms with Crippen LogP contribution in [0, 0.1) is 0 Å². The minimum absolute atomic E-state index is 0.199. The number of rotatable bonds is 4. The van der Waals surface area contributed by atoms with Gasteiger partial charge in [-0.1, -0.05) is 24.3 Å². The average Bonchev–Trinajstić information content (AvgIpc) is 2.40. The van der Waals surface area contributed by atoms with E-state index in [1.54, 1.807) is 0 Å². The summed E-state index contributed by atoms with van der Waals surface area (Å²) in [7, 11) is 0. The van der Waals surface area contributed by atoms with Crippen LogP contribution in [0.1, 0.15) is 52.7 Å². The third-order valence-electron chi connectivity index (χ3n) is 2.87. The second kappa shape index (κ2) is 8.04. The molecule has 24 heavy (non-hydrogen) atoms. The number of carbonyl (C=O) groups is 2. The molecule has 0 aliphatic rings. The zero-order chi connectivity index (χ0) is 18.4. The summed E-state index contributed by atoms with van der Waals surface area (Å²) in [4.78, 5) is 23.6. The normalized spacial score (nSPS) is 11.6. The molecular formula is C18H30N4O2. The first-order valence-corrected chi connectivity index (χ1v) is 8.14. The Morgan fingerprint density at radius 2 is 1.17 bits per heavy atom. The van der Waals surface area contributed by atoms with E-state index in [1.807, 2.05) is 65.8 Å². The molecule has 1 rings (SSSR count). The van der Waals surface area contributed by atoms with Gasteiger partial charge in [-0.3, -0.25) is 0 Å². The Morgan fingerprint density at radius 3 is 1.50 bits per heavy atom. The molecule has 0 saturated carbocycles. The SMILES string of the molecule is CC(C)(C)NC(=O)NCc1cccc(CNC(=O)NC(C)(C)C)c1. The van der Waals surface area contributed by atoms with Crippen LogP contribution >= 0.6 is 0 Å². The molecule has 6 nitrogen and oxygen atoms in total. The highest BCUT2D eigenvalue weighted by Crippen LogP contribution is 2.06. The van der Waals surface area contributed by atoms with Crippen molar-refractivity contribution >= 4 is 12.1 Å². The minimum atomic E-state index is -0.268. The van der Waals surface area contributed by atoms with E-state index in [0.29, 0.717) is 13.1 Å². The smallest absolute Gasteiger partial charge is 0.315 e. The van der Waals surface area contributed by atoms with Crippen molar-refractivity contribution in [3.05, 3.63) is 35.4 Å². The fourth-order valence-corrected chi connectivity index (χ4v) is 1.98. The highest BCUT2D eigenvalue weighted by Gasteiger charge is 2.14. The largest absolute Gasteiger partial charge is 0.334 e. The van der Waals surface area contributed by atoms with Crippen LogP contribution in [0.15, 0.2) is 24.3 Å². The summed E-state index contributed by atoms with van der Waals surface area (Å²) in [5, 5.41) is 11.4. The van der Waals surface area contributed by atoms with Gasteiger partial charge >= 0.3 is 12.1 Å². The molecule has 0 unspecified atom stereocenters. The molecule has 0 aliphatic carbocycles. The molecule has 0 heterocycles. The standard InChI is InChI=1S/C18H30N4O2/c1-17(2,3)21-15(23)19-11-13-8-7-9-14(10-13)12-20-16(24)22-18(4,5)6/h7-10H,11-12H2,1-6H3,(H2,19,21,23)(H2,20,22,24). The molecule has 0 saturated heterocycles. The predicted octanol–water partition coefficient (Wildman–Crippen LogP) is 2.88. The lowest BCUT2D eigenvalue weighted by molar-refractivity contribution is 0.230. The second-order valence-electron chi connectivity index (χ2n) is 7.94. The van der Waals surface area contributed by atoms with Gasteiger partial charge in [0.15, 0.2) is 0 Å². The number of nitrogens with one attached hydrogen (secondary N) is 4. The summed E-state index contributed by atoms with van der Waals surface area (Å²) in [6, 6.07) is 7.37. The van der Waals surface area contributed by atoms with Crippen molar-refractivity contribution in [3.8, 4) is 0 Å². The molecule has 134 valence electrons. The van der Waals surface area contributed by atoms with Crippen molar-refractivity contribution in [1.29, 1.82) is 0 Å². The van der Waals surface area contributed by atoms with Crippen molar-refractivity contribution in [2.75, 3.05) is 0 Å². The fraction of sp³-hybridized carbons (Fsp3) is 0.556. The number of hydrogen-bond acceptors (Lipinski definition) is 2. The summed E-state index contributed by atoms with van der Waals surface area (Å²) >= 11 is 0. The summed E-state index contributed by atoms with van der Waals surface area (Å²) in [6.07, 6.45) is 0. The van der Waals surface area contributed by atoms with Crippen LogP contribution in [0.4, 0.5) is 9.59 Å². The second-order valence-corrected chi connectivity index (χ2v) is 7.94. The molecule has 0 radical (unpaired) electrons. The number of carbonyl (C=O) groups excluding carboxylic acids is 2. The summed E-state index contributed by atoms with van der Waals surface area (Å²) in [5.74, 6) is 0. The summed E-state index contributed by atoms with van der Waals surface area (Å²) in [6.45, 7) is 12.5. The van der Waals surface area contributed by atoms with E-state index in [2.05, 4.69) is 21.3 Å². The van der Waals surface area contributed by atoms with E-state index in [9.17, 15) is 9.59 Å². The fourth-order valence-electron chi connectivity index (χ4n) is 1.98. The molecule has 6 heteroatoms. The van der Waals surface area contributed by atoms with Gasteiger partial charge in [-0.25, -0.2) is 9.59 Å². The maximum Gasteiger partial charge on any atom is 0.315 e. The first-order chi connectivity index (χ1) is 10.9. The molecule has 4 amide bonds. The average molecular weight is 334 g/mol. The van der Waals surface area contributed by atoms with Crippen LogP contribution in [-0.4, -0.2) is 23.1 Å². The molecule has 0 spiro atoms. The highest BCUT2D eigenvalue weighted by molar-refractivity contribution is 5.75. The maximum atomic E-state index is 11.8. The Bertz CT molecular complexity index is 524. The van der Waals surface area contributed by atoms with E-state index in [4.69, 9.17) is 0 Å². The number of amides is 4. The van der Waals surface area contributed by atoms with Gasteiger partial charge < -0.3 is 21.3 Å². The zero-order valence-electron chi connectivity index (χ0n) is 15.5. The van der Waals surface area contributed by atoms with E-state index in [0.717, 1.165) is 11.1 Å². The van der Waals surface area contributed by atoms with Crippen LogP contribution in [0.3, 0.4) is 0 Å². The predicted molar refractivity (Wildman–Crippen MR) is 96.7 cm³/mol. The van der Waals surface area contributed by atoms with Crippen molar-refractivity contribution in [1.82, 2.24) is 21.3 Å². The summed E-state index contributed by atoms with van der Waals surface area (Å²) < 4.78 is 0. The van der Waals surface area contributed by atoms with Gasteiger partial charge in [-0.15, -0.1) is 0 Å². The highest BCUT2D eigenvalue weighted by atomic mass is 16.2. The third kappa shape index (κ3) is 9.02. The lowest BCUT2D eigenvalue weighted by Crippen LogP contribution is -2.46. The van der Waals surface area contributed by atoms with Gasteiger partial charge in [-0.05, 0) is 52.7 Å². The Kier molecular flexibility index (Phi) is 6.63.